The quantitative estimate of drug-likeness (QED) is 0.111. The third-order valence-electron chi connectivity index (χ3n) is 6.49. The molecule has 1 aromatic heterocycles. The molecule has 4 aromatic rings. The van der Waals surface area contributed by atoms with E-state index in [2.05, 4.69) is 31.4 Å². The van der Waals surface area contributed by atoms with E-state index in [0.717, 1.165) is 21.3 Å². The van der Waals surface area contributed by atoms with E-state index in [0.29, 0.717) is 32.8 Å². The average Bonchev–Trinajstić information content (AvgIpc) is 3.62. The highest BCUT2D eigenvalue weighted by Gasteiger charge is 2.34. The van der Waals surface area contributed by atoms with Crippen LogP contribution in [0.1, 0.15) is 22.5 Å². The van der Waals surface area contributed by atoms with Gasteiger partial charge in [-0.1, -0.05) is 45.8 Å². The minimum absolute atomic E-state index is 0.198. The Kier molecular flexibility index (Phi) is 9.98. The standard InChI is InChI=1S/C33H30BrN5O4S/c1-22-6-11-26(12-7-22)36-31(40)21-43-29-15-10-25(34)17-24(29)18-30-32(41)39(20-28-5-4-16-42-28)33(44-30)37-35-19-23-8-13-27(14-9-23)38(2)3/h4-19H,20-21H2,1-3H3,(H,36,40)/b30-18-,35-19-,37-33+. The summed E-state index contributed by atoms with van der Waals surface area (Å²) in [5, 5.41) is 11.9. The van der Waals surface area contributed by atoms with Crippen LogP contribution in [0.15, 0.2) is 109 Å². The normalized spacial score (nSPS) is 15.0. The molecule has 44 heavy (non-hydrogen) atoms. The van der Waals surface area contributed by atoms with Gasteiger partial charge in [-0.05, 0) is 84.9 Å². The number of amides is 2. The molecule has 5 rings (SSSR count). The van der Waals surface area contributed by atoms with Crippen molar-refractivity contribution in [1.82, 2.24) is 4.90 Å². The Morgan fingerprint density at radius 1 is 1.09 bits per heavy atom. The van der Waals surface area contributed by atoms with Crippen molar-refractivity contribution in [3.8, 4) is 5.75 Å². The highest BCUT2D eigenvalue weighted by atomic mass is 79.9. The second-order valence-corrected chi connectivity index (χ2v) is 12.0. The summed E-state index contributed by atoms with van der Waals surface area (Å²) in [5.74, 6) is 0.520. The molecule has 0 bridgehead atoms. The summed E-state index contributed by atoms with van der Waals surface area (Å²) in [4.78, 5) is 30.1. The van der Waals surface area contributed by atoms with Gasteiger partial charge in [-0.3, -0.25) is 14.5 Å². The van der Waals surface area contributed by atoms with E-state index in [1.54, 1.807) is 36.8 Å². The van der Waals surface area contributed by atoms with Gasteiger partial charge in [0.05, 0.1) is 23.9 Å². The molecule has 2 amide bonds. The number of halogens is 1. The van der Waals surface area contributed by atoms with E-state index in [-0.39, 0.29) is 25.0 Å². The molecule has 1 aliphatic heterocycles. The Bertz CT molecular complexity index is 1720. The number of hydrogen-bond donors (Lipinski definition) is 1. The van der Waals surface area contributed by atoms with Crippen molar-refractivity contribution >= 4 is 68.3 Å². The van der Waals surface area contributed by atoms with Crippen LogP contribution in [0.3, 0.4) is 0 Å². The summed E-state index contributed by atoms with van der Waals surface area (Å²) >= 11 is 4.70. The fourth-order valence-corrected chi connectivity index (χ4v) is 5.47. The molecule has 0 radical (unpaired) electrons. The number of thioether (sulfide) groups is 1. The van der Waals surface area contributed by atoms with Gasteiger partial charge in [0.15, 0.2) is 11.8 Å². The second-order valence-electron chi connectivity index (χ2n) is 10.1. The summed E-state index contributed by atoms with van der Waals surface area (Å²) in [6.07, 6.45) is 4.94. The molecule has 1 fully saturated rings. The predicted octanol–water partition coefficient (Wildman–Crippen LogP) is 6.94. The van der Waals surface area contributed by atoms with Gasteiger partial charge in [-0.2, -0.15) is 5.10 Å². The van der Waals surface area contributed by atoms with E-state index in [9.17, 15) is 9.59 Å². The van der Waals surface area contributed by atoms with Crippen molar-refractivity contribution in [1.29, 1.82) is 0 Å². The highest BCUT2D eigenvalue weighted by molar-refractivity contribution is 9.10. The first-order chi connectivity index (χ1) is 21.2. The van der Waals surface area contributed by atoms with Gasteiger partial charge < -0.3 is 19.4 Å². The summed E-state index contributed by atoms with van der Waals surface area (Å²) < 4.78 is 12.2. The number of ether oxygens (including phenoxy) is 1. The zero-order chi connectivity index (χ0) is 31.1. The lowest BCUT2D eigenvalue weighted by Crippen LogP contribution is -2.28. The molecule has 0 unspecified atom stereocenters. The third kappa shape index (κ3) is 8.06. The smallest absolute Gasteiger partial charge is 0.267 e. The Morgan fingerprint density at radius 2 is 1.86 bits per heavy atom. The summed E-state index contributed by atoms with van der Waals surface area (Å²) in [6, 6.07) is 24.4. The fourth-order valence-electron chi connectivity index (χ4n) is 4.17. The number of nitrogens with zero attached hydrogens (tertiary/aromatic N) is 4. The first-order valence-electron chi connectivity index (χ1n) is 13.7. The van der Waals surface area contributed by atoms with Crippen molar-refractivity contribution in [2.45, 2.75) is 13.5 Å². The molecule has 0 spiro atoms. The SMILES string of the molecule is Cc1ccc(NC(=O)COc2ccc(Br)cc2/C=C2\S/C(=N/N=C\c3ccc(N(C)C)cc3)N(Cc3ccco3)C2=O)cc1. The van der Waals surface area contributed by atoms with Gasteiger partial charge in [-0.15, -0.1) is 5.10 Å². The predicted molar refractivity (Wildman–Crippen MR) is 180 cm³/mol. The van der Waals surface area contributed by atoms with Crippen LogP contribution in [0.5, 0.6) is 5.75 Å². The number of amidine groups is 1. The molecule has 1 aliphatic rings. The minimum Gasteiger partial charge on any atom is -0.483 e. The second kappa shape index (κ2) is 14.2. The van der Waals surface area contributed by atoms with Gasteiger partial charge in [0, 0.05) is 35.5 Å². The Balaban J connectivity index is 1.35. The molecular weight excluding hydrogens is 642 g/mol. The van der Waals surface area contributed by atoms with Crippen molar-refractivity contribution in [2.24, 2.45) is 10.2 Å². The largest absolute Gasteiger partial charge is 0.483 e. The topological polar surface area (TPSA) is 99.7 Å². The van der Waals surface area contributed by atoms with Gasteiger partial charge >= 0.3 is 0 Å². The van der Waals surface area contributed by atoms with Gasteiger partial charge in [-0.25, -0.2) is 0 Å². The lowest BCUT2D eigenvalue weighted by atomic mass is 10.2. The molecule has 224 valence electrons. The number of carbonyl (C=O) groups is 2. The van der Waals surface area contributed by atoms with Gasteiger partial charge in [0.25, 0.3) is 11.8 Å². The molecule has 1 saturated heterocycles. The first kappa shape index (κ1) is 30.8. The maximum Gasteiger partial charge on any atom is 0.267 e. The van der Waals surface area contributed by atoms with Crippen molar-refractivity contribution in [3.63, 3.8) is 0 Å². The zero-order valence-electron chi connectivity index (χ0n) is 24.4. The van der Waals surface area contributed by atoms with Crippen molar-refractivity contribution < 1.29 is 18.7 Å². The Morgan fingerprint density at radius 3 is 2.57 bits per heavy atom. The van der Waals surface area contributed by atoms with E-state index in [4.69, 9.17) is 9.15 Å². The maximum absolute atomic E-state index is 13.6. The lowest BCUT2D eigenvalue weighted by molar-refractivity contribution is -0.122. The van der Waals surface area contributed by atoms with Crippen LogP contribution in [0.25, 0.3) is 6.08 Å². The lowest BCUT2D eigenvalue weighted by Gasteiger charge is -2.13. The summed E-state index contributed by atoms with van der Waals surface area (Å²) in [7, 11) is 3.96. The summed E-state index contributed by atoms with van der Waals surface area (Å²) in [5.41, 5.74) is 4.37. The number of nitrogens with one attached hydrogen (secondary N) is 1. The number of furan rings is 1. The van der Waals surface area contributed by atoms with E-state index in [1.165, 1.54) is 16.7 Å². The summed E-state index contributed by atoms with van der Waals surface area (Å²) in [6.45, 7) is 1.98. The number of benzene rings is 3. The van der Waals surface area contributed by atoms with Crippen molar-refractivity contribution in [3.05, 3.63) is 117 Å². The molecule has 1 N–H and O–H groups in total. The van der Waals surface area contributed by atoms with Crippen LogP contribution in [0, 0.1) is 6.92 Å². The zero-order valence-corrected chi connectivity index (χ0v) is 26.8. The van der Waals surface area contributed by atoms with E-state index < -0.39 is 0 Å². The van der Waals surface area contributed by atoms with E-state index >= 15 is 0 Å². The minimum atomic E-state index is -0.296. The van der Waals surface area contributed by atoms with Gasteiger partial charge in [0.2, 0.25) is 0 Å². The van der Waals surface area contributed by atoms with Gasteiger partial charge in [0.1, 0.15) is 11.5 Å². The molecule has 11 heteroatoms. The van der Waals surface area contributed by atoms with Crippen LogP contribution in [0.4, 0.5) is 11.4 Å². The molecule has 0 atom stereocenters. The van der Waals surface area contributed by atoms with E-state index in [1.807, 2.05) is 86.6 Å². The monoisotopic (exact) mass is 671 g/mol. The van der Waals surface area contributed by atoms with Crippen LogP contribution < -0.4 is 15.0 Å². The molecule has 2 heterocycles. The Hall–Kier alpha value is -4.61. The molecule has 3 aromatic carbocycles. The van der Waals surface area contributed by atoms with Crippen molar-refractivity contribution in [2.75, 3.05) is 30.9 Å². The number of carbonyl (C=O) groups excluding carboxylic acids is 2. The van der Waals surface area contributed by atoms with Crippen LogP contribution in [-0.4, -0.2) is 48.8 Å². The molecule has 0 aliphatic carbocycles. The number of anilines is 2. The first-order valence-corrected chi connectivity index (χ1v) is 15.3. The molecule has 0 saturated carbocycles. The van der Waals surface area contributed by atoms with Crippen LogP contribution in [0.2, 0.25) is 0 Å². The average molecular weight is 673 g/mol. The van der Waals surface area contributed by atoms with Crippen LogP contribution in [-0.2, 0) is 16.1 Å². The highest BCUT2D eigenvalue weighted by Crippen LogP contribution is 2.36. The number of hydrogen-bond acceptors (Lipinski definition) is 8. The van der Waals surface area contributed by atoms with Crippen LogP contribution >= 0.6 is 27.7 Å². The number of rotatable bonds is 10. The number of aryl methyl sites for hydroxylation is 1. The fraction of sp³-hybridized carbons (Fsp3) is 0.152. The third-order valence-corrected chi connectivity index (χ3v) is 7.98. The Labute approximate surface area is 268 Å². The molecular formula is C33H30BrN5O4S. The molecule has 9 nitrogen and oxygen atoms in total. The maximum atomic E-state index is 13.6.